The Morgan fingerprint density at radius 3 is 2.66 bits per heavy atom. The van der Waals surface area contributed by atoms with Gasteiger partial charge in [0.25, 0.3) is 5.56 Å². The minimum Gasteiger partial charge on any atom is -0.497 e. The molecule has 0 saturated carbocycles. The third-order valence-corrected chi connectivity index (χ3v) is 5.93. The van der Waals surface area contributed by atoms with Crippen molar-refractivity contribution in [3.63, 3.8) is 0 Å². The molecule has 7 nitrogen and oxygen atoms in total. The highest BCUT2D eigenvalue weighted by atomic mass is 32.1. The highest BCUT2D eigenvalue weighted by Gasteiger charge is 2.21. The van der Waals surface area contributed by atoms with Crippen LogP contribution in [0, 0.1) is 6.92 Å². The Morgan fingerprint density at radius 2 is 1.97 bits per heavy atom. The Labute approximate surface area is 169 Å². The number of aromatic nitrogens is 3. The maximum Gasteiger partial charge on any atom is 0.308 e. The first kappa shape index (κ1) is 18.9. The number of ether oxygens (including phenoxy) is 1. The number of rotatable bonds is 5. The van der Waals surface area contributed by atoms with Gasteiger partial charge in [-0.3, -0.25) is 23.6 Å². The number of aryl methyl sites for hydroxylation is 2. The van der Waals surface area contributed by atoms with E-state index in [1.165, 1.54) is 10.9 Å². The lowest BCUT2D eigenvalue weighted by Crippen LogP contribution is -2.20. The number of aromatic amines is 1. The quantitative estimate of drug-likeness (QED) is 0.514. The van der Waals surface area contributed by atoms with Crippen molar-refractivity contribution in [2.24, 2.45) is 7.05 Å². The fraction of sp³-hybridized carbons (Fsp3) is 0.190. The van der Waals surface area contributed by atoms with Crippen LogP contribution in [0.5, 0.6) is 5.75 Å². The normalized spacial score (nSPS) is 11.1. The monoisotopic (exact) mass is 409 g/mol. The van der Waals surface area contributed by atoms with Crippen LogP contribution in [0.1, 0.15) is 27.0 Å². The number of methoxy groups -OCH3 is 1. The molecule has 2 aromatic carbocycles. The molecule has 0 radical (unpaired) electrons. The van der Waals surface area contributed by atoms with Crippen molar-refractivity contribution in [2.75, 3.05) is 7.11 Å². The van der Waals surface area contributed by atoms with E-state index >= 15 is 0 Å². The van der Waals surface area contributed by atoms with Crippen molar-refractivity contribution in [3.05, 3.63) is 84.9 Å². The average molecular weight is 409 g/mol. The minimum absolute atomic E-state index is 0.0758. The molecule has 0 spiro atoms. The van der Waals surface area contributed by atoms with Gasteiger partial charge in [-0.2, -0.15) is 0 Å². The second-order valence-corrected chi connectivity index (χ2v) is 7.76. The third-order valence-electron chi connectivity index (χ3n) is 4.98. The van der Waals surface area contributed by atoms with Gasteiger partial charge in [-0.25, -0.2) is 0 Å². The largest absolute Gasteiger partial charge is 0.497 e. The number of hydrogen-bond donors (Lipinski definition) is 1. The molecule has 2 heterocycles. The summed E-state index contributed by atoms with van der Waals surface area (Å²) in [6, 6.07) is 11.0. The summed E-state index contributed by atoms with van der Waals surface area (Å²) in [5, 5.41) is 2.72. The number of H-pyrrole nitrogens is 1. The molecule has 4 aromatic rings. The van der Waals surface area contributed by atoms with Crippen molar-refractivity contribution in [2.45, 2.75) is 13.5 Å². The SMILES string of the molecule is COc1cccc(Cn2c(=O)sc3ccc(C(=O)c4c[nH]n(C)c4=O)c(C)c32)c1. The molecule has 0 amide bonds. The second-order valence-electron chi connectivity index (χ2n) is 6.77. The van der Waals surface area contributed by atoms with E-state index in [1.807, 2.05) is 24.3 Å². The van der Waals surface area contributed by atoms with E-state index in [2.05, 4.69) is 5.10 Å². The van der Waals surface area contributed by atoms with Crippen LogP contribution in [-0.4, -0.2) is 27.2 Å². The molecule has 0 fully saturated rings. The zero-order chi connectivity index (χ0) is 20.7. The molecular formula is C21H19N3O4S. The molecule has 0 unspecified atom stereocenters. The first-order valence-corrected chi connectivity index (χ1v) is 9.77. The summed E-state index contributed by atoms with van der Waals surface area (Å²) >= 11 is 1.14. The molecule has 0 atom stereocenters. The molecule has 4 rings (SSSR count). The van der Waals surface area contributed by atoms with E-state index in [1.54, 1.807) is 37.8 Å². The van der Waals surface area contributed by atoms with Gasteiger partial charge < -0.3 is 9.84 Å². The molecule has 0 bridgehead atoms. The van der Waals surface area contributed by atoms with Crippen molar-refractivity contribution < 1.29 is 9.53 Å². The third kappa shape index (κ3) is 3.21. The Bertz CT molecular complexity index is 1360. The first-order valence-electron chi connectivity index (χ1n) is 8.95. The van der Waals surface area contributed by atoms with Crippen LogP contribution in [0.15, 0.2) is 52.2 Å². The lowest BCUT2D eigenvalue weighted by Gasteiger charge is -2.10. The van der Waals surface area contributed by atoms with Crippen LogP contribution in [-0.2, 0) is 13.6 Å². The lowest BCUT2D eigenvalue weighted by atomic mass is 10.00. The van der Waals surface area contributed by atoms with E-state index in [-0.39, 0.29) is 21.8 Å². The summed E-state index contributed by atoms with van der Waals surface area (Å²) in [4.78, 5) is 37.7. The number of thiazole rings is 1. The number of carbonyl (C=O) groups is 1. The zero-order valence-corrected chi connectivity index (χ0v) is 17.0. The maximum absolute atomic E-state index is 13.0. The number of nitrogens with zero attached hydrogens (tertiary/aromatic N) is 2. The molecule has 0 saturated heterocycles. The zero-order valence-electron chi connectivity index (χ0n) is 16.2. The van der Waals surface area contributed by atoms with Gasteiger partial charge in [-0.1, -0.05) is 23.5 Å². The number of hydrogen-bond acceptors (Lipinski definition) is 5. The van der Waals surface area contributed by atoms with Crippen molar-refractivity contribution >= 4 is 27.3 Å². The topological polar surface area (TPSA) is 86.1 Å². The van der Waals surface area contributed by atoms with Gasteiger partial charge in [0, 0.05) is 18.8 Å². The van der Waals surface area contributed by atoms with Gasteiger partial charge in [0.15, 0.2) is 0 Å². The van der Waals surface area contributed by atoms with Gasteiger partial charge in [0.1, 0.15) is 11.3 Å². The summed E-state index contributed by atoms with van der Waals surface area (Å²) in [6.45, 7) is 2.17. The molecular weight excluding hydrogens is 390 g/mol. The van der Waals surface area contributed by atoms with Crippen molar-refractivity contribution in [3.8, 4) is 5.75 Å². The molecule has 1 N–H and O–H groups in total. The molecule has 0 aliphatic carbocycles. The van der Waals surface area contributed by atoms with Gasteiger partial charge in [0.2, 0.25) is 5.78 Å². The van der Waals surface area contributed by atoms with Crippen LogP contribution < -0.4 is 15.2 Å². The van der Waals surface area contributed by atoms with Crippen molar-refractivity contribution in [1.82, 2.24) is 14.3 Å². The summed E-state index contributed by atoms with van der Waals surface area (Å²) in [7, 11) is 3.15. The Hall–Kier alpha value is -3.39. The highest BCUT2D eigenvalue weighted by molar-refractivity contribution is 7.16. The molecule has 0 aliphatic rings. The summed E-state index contributed by atoms with van der Waals surface area (Å²) in [5.41, 5.74) is 2.41. The number of nitrogens with one attached hydrogen (secondary N) is 1. The Kier molecular flexibility index (Phi) is 4.71. The van der Waals surface area contributed by atoms with Crippen LogP contribution >= 0.6 is 11.3 Å². The Balaban J connectivity index is 1.84. The fourth-order valence-corrected chi connectivity index (χ4v) is 4.40. The van der Waals surface area contributed by atoms with Crippen LogP contribution in [0.4, 0.5) is 0 Å². The van der Waals surface area contributed by atoms with Crippen LogP contribution in [0.3, 0.4) is 0 Å². The van der Waals surface area contributed by atoms with E-state index in [9.17, 15) is 14.4 Å². The van der Waals surface area contributed by atoms with E-state index < -0.39 is 0 Å². The average Bonchev–Trinajstić information content (AvgIpc) is 3.21. The second kappa shape index (κ2) is 7.21. The summed E-state index contributed by atoms with van der Waals surface area (Å²) in [5.74, 6) is 0.351. The smallest absolute Gasteiger partial charge is 0.308 e. The number of ketones is 1. The number of fused-ring (bicyclic) bond motifs is 1. The number of carbonyl (C=O) groups excluding carboxylic acids is 1. The standard InChI is InChI=1S/C21H19N3O4S/c1-12-15(19(25)16-10-22-23(2)20(16)26)7-8-17-18(12)24(21(27)29-17)11-13-5-4-6-14(9-13)28-3/h4-10,22H,11H2,1-3H3. The fourth-order valence-electron chi connectivity index (χ4n) is 3.45. The predicted molar refractivity (Wildman–Crippen MR) is 112 cm³/mol. The first-order chi connectivity index (χ1) is 13.9. The predicted octanol–water partition coefficient (Wildman–Crippen LogP) is 2.69. The van der Waals surface area contributed by atoms with E-state index in [0.29, 0.717) is 28.9 Å². The van der Waals surface area contributed by atoms with E-state index in [0.717, 1.165) is 21.6 Å². The molecule has 8 heteroatoms. The van der Waals surface area contributed by atoms with E-state index in [4.69, 9.17) is 4.74 Å². The molecule has 148 valence electrons. The number of benzene rings is 2. The summed E-state index contributed by atoms with van der Waals surface area (Å²) in [6.07, 6.45) is 1.41. The lowest BCUT2D eigenvalue weighted by molar-refractivity contribution is 0.103. The molecule has 2 aromatic heterocycles. The van der Waals surface area contributed by atoms with Crippen LogP contribution in [0.25, 0.3) is 10.2 Å². The van der Waals surface area contributed by atoms with Gasteiger partial charge in [-0.15, -0.1) is 0 Å². The summed E-state index contributed by atoms with van der Waals surface area (Å²) < 4.78 is 8.98. The highest BCUT2D eigenvalue weighted by Crippen LogP contribution is 2.26. The van der Waals surface area contributed by atoms with Crippen molar-refractivity contribution in [1.29, 1.82) is 0 Å². The maximum atomic E-state index is 13.0. The minimum atomic E-state index is -0.381. The Morgan fingerprint density at radius 1 is 1.17 bits per heavy atom. The van der Waals surface area contributed by atoms with Crippen LogP contribution in [0.2, 0.25) is 0 Å². The molecule has 0 aliphatic heterocycles. The van der Waals surface area contributed by atoms with Gasteiger partial charge >= 0.3 is 4.87 Å². The van der Waals surface area contributed by atoms with Gasteiger partial charge in [-0.05, 0) is 42.3 Å². The molecule has 29 heavy (non-hydrogen) atoms. The van der Waals surface area contributed by atoms with Gasteiger partial charge in [0.05, 0.1) is 23.9 Å².